The lowest BCUT2D eigenvalue weighted by molar-refractivity contribution is -0.0536. The van der Waals surface area contributed by atoms with E-state index >= 15 is 0 Å². The Bertz CT molecular complexity index is 748. The first kappa shape index (κ1) is 16.9. The molecule has 2 aromatic carbocycles. The molecule has 0 fully saturated rings. The number of carbonyl (C=O) groups is 1. The fourth-order valence-electron chi connectivity index (χ4n) is 1.82. The third-order valence-electron chi connectivity index (χ3n) is 3.11. The molecule has 0 saturated heterocycles. The van der Waals surface area contributed by atoms with Crippen molar-refractivity contribution in [3.05, 3.63) is 59.7 Å². The maximum absolute atomic E-state index is 10.9. The Morgan fingerprint density at radius 3 is 2.57 bits per heavy atom. The minimum Gasteiger partial charge on any atom is -0.350 e. The molecule has 1 unspecified atom stereocenters. The lowest BCUT2D eigenvalue weighted by Gasteiger charge is -2.14. The van der Waals surface area contributed by atoms with E-state index < -0.39 is 12.1 Å². The second-order valence-corrected chi connectivity index (χ2v) is 6.22. The molecule has 2 rings (SSSR count). The van der Waals surface area contributed by atoms with E-state index in [1.807, 2.05) is 24.3 Å². The first-order chi connectivity index (χ1) is 11.0. The van der Waals surface area contributed by atoms with Crippen molar-refractivity contribution in [3.8, 4) is 11.8 Å². The molecule has 1 atom stereocenters. The van der Waals surface area contributed by atoms with Gasteiger partial charge < -0.3 is 5.73 Å². The van der Waals surface area contributed by atoms with Crippen molar-refractivity contribution in [1.29, 1.82) is 0 Å². The highest BCUT2D eigenvalue weighted by atomic mass is 32.2. The Balaban J connectivity index is 2.11. The van der Waals surface area contributed by atoms with Crippen molar-refractivity contribution in [2.45, 2.75) is 29.7 Å². The number of primary amides is 1. The number of aryl methyl sites for hydroxylation is 1. The number of nitrogens with two attached hydrogens (primary N) is 1. The summed E-state index contributed by atoms with van der Waals surface area (Å²) in [6.07, 6.45) is 0. The SMILES string of the molecule is Cc1ccc(Sc2cccc(C#CC(C)N(O)C(N)=O)c2)cc1. The van der Waals surface area contributed by atoms with Crippen LogP contribution in [-0.2, 0) is 0 Å². The zero-order valence-corrected chi connectivity index (χ0v) is 13.8. The Kier molecular flexibility index (Phi) is 5.69. The van der Waals surface area contributed by atoms with Gasteiger partial charge in [-0.3, -0.25) is 5.21 Å². The zero-order valence-electron chi connectivity index (χ0n) is 13.0. The van der Waals surface area contributed by atoms with Gasteiger partial charge in [0.25, 0.3) is 0 Å². The molecule has 3 N–H and O–H groups in total. The van der Waals surface area contributed by atoms with Gasteiger partial charge in [-0.05, 0) is 44.2 Å². The highest BCUT2D eigenvalue weighted by Gasteiger charge is 2.11. The first-order valence-corrected chi connectivity index (χ1v) is 7.91. The summed E-state index contributed by atoms with van der Waals surface area (Å²) in [5.74, 6) is 5.74. The molecule has 0 radical (unpaired) electrons. The van der Waals surface area contributed by atoms with Crippen LogP contribution in [0.15, 0.2) is 58.3 Å². The van der Waals surface area contributed by atoms with Crippen LogP contribution in [0.1, 0.15) is 18.1 Å². The van der Waals surface area contributed by atoms with E-state index in [2.05, 4.69) is 43.0 Å². The van der Waals surface area contributed by atoms with Crippen LogP contribution >= 0.6 is 11.8 Å². The van der Waals surface area contributed by atoms with Crippen molar-refractivity contribution >= 4 is 17.8 Å². The van der Waals surface area contributed by atoms with Gasteiger partial charge in [-0.15, -0.1) is 0 Å². The van der Waals surface area contributed by atoms with Crippen molar-refractivity contribution in [1.82, 2.24) is 5.06 Å². The van der Waals surface area contributed by atoms with Crippen LogP contribution in [0.5, 0.6) is 0 Å². The summed E-state index contributed by atoms with van der Waals surface area (Å²) >= 11 is 1.65. The Morgan fingerprint density at radius 1 is 1.22 bits per heavy atom. The van der Waals surface area contributed by atoms with Crippen molar-refractivity contribution < 1.29 is 10.0 Å². The van der Waals surface area contributed by atoms with Crippen LogP contribution < -0.4 is 5.73 Å². The number of hydrogen-bond donors (Lipinski definition) is 2. The van der Waals surface area contributed by atoms with Crippen molar-refractivity contribution in [2.75, 3.05) is 0 Å². The standard InChI is InChI=1S/C18H18N2O2S/c1-13-6-10-16(11-7-13)23-17-5-3-4-15(12-17)9-8-14(2)20(22)18(19)21/h3-7,10-12,14,22H,1-2H3,(H2,19,21). The van der Waals surface area contributed by atoms with Crippen LogP contribution in [0.4, 0.5) is 4.79 Å². The molecule has 2 aromatic rings. The van der Waals surface area contributed by atoms with E-state index in [0.29, 0.717) is 5.06 Å². The van der Waals surface area contributed by atoms with E-state index in [-0.39, 0.29) is 0 Å². The maximum atomic E-state index is 10.9. The predicted octanol–water partition coefficient (Wildman–Crippen LogP) is 3.66. The fourth-order valence-corrected chi connectivity index (χ4v) is 2.70. The summed E-state index contributed by atoms with van der Waals surface area (Å²) in [4.78, 5) is 13.1. The number of benzene rings is 2. The van der Waals surface area contributed by atoms with Crippen LogP contribution in [0.3, 0.4) is 0 Å². The van der Waals surface area contributed by atoms with Gasteiger partial charge in [-0.25, -0.2) is 4.79 Å². The largest absolute Gasteiger partial charge is 0.350 e. The smallest absolute Gasteiger partial charge is 0.339 e. The van der Waals surface area contributed by atoms with Crippen LogP contribution in [0.2, 0.25) is 0 Å². The van der Waals surface area contributed by atoms with Gasteiger partial charge in [0.05, 0.1) is 0 Å². The predicted molar refractivity (Wildman–Crippen MR) is 91.3 cm³/mol. The van der Waals surface area contributed by atoms with E-state index in [9.17, 15) is 10.0 Å². The average molecular weight is 326 g/mol. The maximum Gasteiger partial charge on any atom is 0.339 e. The quantitative estimate of drug-likeness (QED) is 0.514. The van der Waals surface area contributed by atoms with Gasteiger partial charge in [0, 0.05) is 15.4 Å². The molecule has 23 heavy (non-hydrogen) atoms. The fraction of sp³-hybridized carbons (Fsp3) is 0.167. The number of rotatable bonds is 3. The molecule has 5 heteroatoms. The molecule has 0 aliphatic carbocycles. The zero-order chi connectivity index (χ0) is 16.8. The number of hydrogen-bond acceptors (Lipinski definition) is 3. The summed E-state index contributed by atoms with van der Waals surface area (Å²) in [7, 11) is 0. The second kappa shape index (κ2) is 7.73. The molecule has 0 saturated carbocycles. The molecule has 0 spiro atoms. The normalized spacial score (nSPS) is 11.3. The molecular formula is C18H18N2O2S. The molecule has 0 bridgehead atoms. The molecule has 4 nitrogen and oxygen atoms in total. The lowest BCUT2D eigenvalue weighted by Crippen LogP contribution is -2.38. The highest BCUT2D eigenvalue weighted by molar-refractivity contribution is 7.99. The minimum atomic E-state index is -0.921. The summed E-state index contributed by atoms with van der Waals surface area (Å²) in [5.41, 5.74) is 7.03. The summed E-state index contributed by atoms with van der Waals surface area (Å²) in [6, 6.07) is 14.5. The van der Waals surface area contributed by atoms with Gasteiger partial charge in [-0.2, -0.15) is 5.06 Å². The monoisotopic (exact) mass is 326 g/mol. The van der Waals surface area contributed by atoms with Gasteiger partial charge in [0.2, 0.25) is 0 Å². The van der Waals surface area contributed by atoms with Crippen LogP contribution in [0, 0.1) is 18.8 Å². The lowest BCUT2D eigenvalue weighted by atomic mass is 10.2. The summed E-state index contributed by atoms with van der Waals surface area (Å²) < 4.78 is 0. The summed E-state index contributed by atoms with van der Waals surface area (Å²) in [6.45, 7) is 3.66. The number of hydroxylamine groups is 2. The van der Waals surface area contributed by atoms with E-state index in [0.717, 1.165) is 15.4 Å². The summed E-state index contributed by atoms with van der Waals surface area (Å²) in [5, 5.41) is 9.81. The molecule has 0 heterocycles. The number of nitrogens with zero attached hydrogens (tertiary/aromatic N) is 1. The van der Waals surface area contributed by atoms with Gasteiger partial charge >= 0.3 is 6.03 Å². The molecule has 0 aromatic heterocycles. The van der Waals surface area contributed by atoms with E-state index in [4.69, 9.17) is 5.73 Å². The molecule has 0 aliphatic rings. The Morgan fingerprint density at radius 2 is 1.91 bits per heavy atom. The topological polar surface area (TPSA) is 66.6 Å². The van der Waals surface area contributed by atoms with E-state index in [1.54, 1.807) is 18.7 Å². The Labute approximate surface area is 140 Å². The average Bonchev–Trinajstić information content (AvgIpc) is 2.54. The second-order valence-electron chi connectivity index (χ2n) is 5.07. The molecular weight excluding hydrogens is 308 g/mol. The number of amides is 2. The molecule has 0 aliphatic heterocycles. The third-order valence-corrected chi connectivity index (χ3v) is 4.11. The first-order valence-electron chi connectivity index (χ1n) is 7.09. The van der Waals surface area contributed by atoms with Gasteiger partial charge in [0.1, 0.15) is 6.04 Å². The van der Waals surface area contributed by atoms with Crippen molar-refractivity contribution in [3.63, 3.8) is 0 Å². The van der Waals surface area contributed by atoms with Gasteiger partial charge in [0.15, 0.2) is 0 Å². The van der Waals surface area contributed by atoms with Gasteiger partial charge in [-0.1, -0.05) is 47.4 Å². The molecule has 2 amide bonds. The van der Waals surface area contributed by atoms with E-state index in [1.165, 1.54) is 5.56 Å². The van der Waals surface area contributed by atoms with Crippen molar-refractivity contribution in [2.24, 2.45) is 5.73 Å². The number of carbonyl (C=O) groups excluding carboxylic acids is 1. The van der Waals surface area contributed by atoms with Crippen LogP contribution in [0.25, 0.3) is 0 Å². The molecule has 118 valence electrons. The highest BCUT2D eigenvalue weighted by Crippen LogP contribution is 2.28. The van der Waals surface area contributed by atoms with Crippen LogP contribution in [-0.4, -0.2) is 22.3 Å². The minimum absolute atomic E-state index is 0.415. The number of urea groups is 1. The Hall–Kier alpha value is -2.42. The third kappa shape index (κ3) is 5.06.